The number of pyridine rings is 1. The maximum atomic E-state index is 12.7. The van der Waals surface area contributed by atoms with Crippen LogP contribution in [0, 0.1) is 13.8 Å². The van der Waals surface area contributed by atoms with E-state index < -0.39 is 0 Å². The fourth-order valence-electron chi connectivity index (χ4n) is 2.81. The van der Waals surface area contributed by atoms with Crippen LogP contribution in [0.25, 0.3) is 0 Å². The third-order valence-corrected chi connectivity index (χ3v) is 4.54. The molecule has 0 fully saturated rings. The highest BCUT2D eigenvalue weighted by molar-refractivity contribution is 6.08. The summed E-state index contributed by atoms with van der Waals surface area (Å²) in [6.45, 7) is 6.29. The quantitative estimate of drug-likeness (QED) is 0.646. The molecule has 148 valence electrons. The van der Waals surface area contributed by atoms with Crippen molar-refractivity contribution in [2.24, 2.45) is 0 Å². The molecule has 6 nitrogen and oxygen atoms in total. The molecule has 0 atom stereocenters. The third-order valence-electron chi connectivity index (χ3n) is 4.54. The number of anilines is 2. The minimum Gasteiger partial charge on any atom is -0.492 e. The minimum absolute atomic E-state index is 0.164. The molecule has 0 saturated carbocycles. The number of para-hydroxylation sites is 2. The van der Waals surface area contributed by atoms with Crippen molar-refractivity contribution in [1.82, 2.24) is 4.98 Å². The lowest BCUT2D eigenvalue weighted by Gasteiger charge is -2.12. The second kappa shape index (κ2) is 9.01. The van der Waals surface area contributed by atoms with Crippen LogP contribution in [-0.2, 0) is 0 Å². The Morgan fingerprint density at radius 2 is 1.66 bits per heavy atom. The van der Waals surface area contributed by atoms with Crippen molar-refractivity contribution in [3.8, 4) is 5.75 Å². The average Bonchev–Trinajstić information content (AvgIpc) is 2.73. The first-order valence-electron chi connectivity index (χ1n) is 9.36. The Morgan fingerprint density at radius 3 is 2.45 bits per heavy atom. The summed E-state index contributed by atoms with van der Waals surface area (Å²) in [6, 6.07) is 15.9. The normalized spacial score (nSPS) is 10.3. The Morgan fingerprint density at radius 1 is 0.931 bits per heavy atom. The number of benzene rings is 2. The van der Waals surface area contributed by atoms with E-state index in [1.54, 1.807) is 18.2 Å². The topological polar surface area (TPSA) is 80.3 Å². The Hall–Kier alpha value is -3.67. The molecule has 2 N–H and O–H groups in total. The van der Waals surface area contributed by atoms with E-state index >= 15 is 0 Å². The van der Waals surface area contributed by atoms with Gasteiger partial charge in [0.05, 0.1) is 12.3 Å². The average molecular weight is 389 g/mol. The van der Waals surface area contributed by atoms with Crippen LogP contribution in [-0.4, -0.2) is 23.4 Å². The molecule has 0 saturated heterocycles. The number of nitrogens with zero attached hydrogens (tertiary/aromatic N) is 1. The van der Waals surface area contributed by atoms with Crippen molar-refractivity contribution < 1.29 is 14.3 Å². The number of aromatic nitrogens is 1. The highest BCUT2D eigenvalue weighted by atomic mass is 16.5. The van der Waals surface area contributed by atoms with Crippen molar-refractivity contribution in [1.29, 1.82) is 0 Å². The molecule has 0 bridgehead atoms. The largest absolute Gasteiger partial charge is 0.492 e. The van der Waals surface area contributed by atoms with E-state index in [1.807, 2.05) is 51.1 Å². The summed E-state index contributed by atoms with van der Waals surface area (Å²) in [5, 5.41) is 5.68. The van der Waals surface area contributed by atoms with Gasteiger partial charge in [-0.3, -0.25) is 14.6 Å². The first-order valence-corrected chi connectivity index (χ1v) is 9.36. The van der Waals surface area contributed by atoms with Gasteiger partial charge in [0, 0.05) is 17.4 Å². The fraction of sp³-hybridized carbons (Fsp3) is 0.174. The Balaban J connectivity index is 1.78. The van der Waals surface area contributed by atoms with Crippen molar-refractivity contribution in [2.75, 3.05) is 17.2 Å². The lowest BCUT2D eigenvalue weighted by atomic mass is 10.1. The number of aryl methyl sites for hydroxylation is 1. The van der Waals surface area contributed by atoms with Gasteiger partial charge in [0.15, 0.2) is 0 Å². The first-order chi connectivity index (χ1) is 14.0. The van der Waals surface area contributed by atoms with Crippen LogP contribution in [0.1, 0.15) is 38.9 Å². The lowest BCUT2D eigenvalue weighted by Crippen LogP contribution is -2.17. The SMILES string of the molecule is CCOc1ccccc1NC(=O)c1ccnc(C(=O)Nc2cccc(C)c2C)c1. The van der Waals surface area contributed by atoms with Gasteiger partial charge in [-0.15, -0.1) is 0 Å². The summed E-state index contributed by atoms with van der Waals surface area (Å²) in [5.74, 6) is -0.131. The van der Waals surface area contributed by atoms with Gasteiger partial charge in [-0.2, -0.15) is 0 Å². The number of hydrogen-bond acceptors (Lipinski definition) is 4. The summed E-state index contributed by atoms with van der Waals surface area (Å²) in [7, 11) is 0. The molecule has 1 heterocycles. The number of carbonyl (C=O) groups excluding carboxylic acids is 2. The molecule has 6 heteroatoms. The molecule has 3 aromatic rings. The predicted molar refractivity (Wildman–Crippen MR) is 114 cm³/mol. The van der Waals surface area contributed by atoms with Crippen LogP contribution in [0.3, 0.4) is 0 Å². The van der Waals surface area contributed by atoms with Crippen molar-refractivity contribution in [3.63, 3.8) is 0 Å². The smallest absolute Gasteiger partial charge is 0.274 e. The van der Waals surface area contributed by atoms with Crippen LogP contribution < -0.4 is 15.4 Å². The zero-order chi connectivity index (χ0) is 20.8. The van der Waals surface area contributed by atoms with Gasteiger partial charge in [0.25, 0.3) is 11.8 Å². The van der Waals surface area contributed by atoms with Gasteiger partial charge in [-0.05, 0) is 62.2 Å². The standard InChI is InChI=1S/C23H23N3O3/c1-4-29-21-11-6-5-9-19(21)26-22(27)17-12-13-24-20(14-17)23(28)25-18-10-7-8-15(2)16(18)3/h5-14H,4H2,1-3H3,(H,25,28)(H,26,27). The lowest BCUT2D eigenvalue weighted by molar-refractivity contribution is 0.102. The number of amides is 2. The molecule has 0 radical (unpaired) electrons. The number of nitrogens with one attached hydrogen (secondary N) is 2. The molecule has 29 heavy (non-hydrogen) atoms. The molecular weight excluding hydrogens is 366 g/mol. The van der Waals surface area contributed by atoms with Gasteiger partial charge in [0.2, 0.25) is 0 Å². The maximum absolute atomic E-state index is 12.7. The van der Waals surface area contributed by atoms with Gasteiger partial charge >= 0.3 is 0 Å². The number of ether oxygens (including phenoxy) is 1. The van der Waals surface area contributed by atoms with Gasteiger partial charge < -0.3 is 15.4 Å². The Bertz CT molecular complexity index is 1050. The summed E-state index contributed by atoms with van der Waals surface area (Å²) in [4.78, 5) is 29.4. The van der Waals surface area contributed by atoms with Crippen LogP contribution in [0.5, 0.6) is 5.75 Å². The van der Waals surface area contributed by atoms with Crippen LogP contribution in [0.15, 0.2) is 60.8 Å². The monoisotopic (exact) mass is 389 g/mol. The van der Waals surface area contributed by atoms with Gasteiger partial charge in [-0.1, -0.05) is 24.3 Å². The molecule has 2 aromatic carbocycles. The van der Waals surface area contributed by atoms with Crippen LogP contribution in [0.4, 0.5) is 11.4 Å². The van der Waals surface area contributed by atoms with E-state index in [0.29, 0.717) is 23.6 Å². The summed E-state index contributed by atoms with van der Waals surface area (Å²) >= 11 is 0. The Kier molecular flexibility index (Phi) is 6.24. The maximum Gasteiger partial charge on any atom is 0.274 e. The van der Waals surface area contributed by atoms with E-state index in [2.05, 4.69) is 15.6 Å². The molecule has 0 spiro atoms. The summed E-state index contributed by atoms with van der Waals surface area (Å²) < 4.78 is 5.53. The van der Waals surface area contributed by atoms with Crippen LogP contribution in [0.2, 0.25) is 0 Å². The summed E-state index contributed by atoms with van der Waals surface area (Å²) in [5.41, 5.74) is 3.85. The highest BCUT2D eigenvalue weighted by Gasteiger charge is 2.14. The van der Waals surface area contributed by atoms with E-state index in [9.17, 15) is 9.59 Å². The molecule has 0 aliphatic heterocycles. The minimum atomic E-state index is -0.372. The molecule has 0 unspecified atom stereocenters. The molecule has 2 amide bonds. The van der Waals surface area contributed by atoms with E-state index in [-0.39, 0.29) is 17.5 Å². The summed E-state index contributed by atoms with van der Waals surface area (Å²) in [6.07, 6.45) is 1.45. The van der Waals surface area contributed by atoms with Gasteiger partial charge in [0.1, 0.15) is 11.4 Å². The van der Waals surface area contributed by atoms with E-state index in [0.717, 1.165) is 16.8 Å². The predicted octanol–water partition coefficient (Wildman–Crippen LogP) is 4.60. The zero-order valence-corrected chi connectivity index (χ0v) is 16.7. The second-order valence-electron chi connectivity index (χ2n) is 6.51. The molecule has 0 aliphatic carbocycles. The number of rotatable bonds is 6. The molecule has 3 rings (SSSR count). The fourth-order valence-corrected chi connectivity index (χ4v) is 2.81. The number of carbonyl (C=O) groups is 2. The Labute approximate surface area is 169 Å². The molecule has 1 aromatic heterocycles. The highest BCUT2D eigenvalue weighted by Crippen LogP contribution is 2.24. The third kappa shape index (κ3) is 4.79. The van der Waals surface area contributed by atoms with Gasteiger partial charge in [-0.25, -0.2) is 0 Å². The van der Waals surface area contributed by atoms with Crippen molar-refractivity contribution >= 4 is 23.2 Å². The zero-order valence-electron chi connectivity index (χ0n) is 16.7. The number of hydrogen-bond donors (Lipinski definition) is 2. The van der Waals surface area contributed by atoms with E-state index in [1.165, 1.54) is 12.3 Å². The molecule has 0 aliphatic rings. The van der Waals surface area contributed by atoms with E-state index in [4.69, 9.17) is 4.74 Å². The second-order valence-corrected chi connectivity index (χ2v) is 6.51. The van der Waals surface area contributed by atoms with Crippen LogP contribution >= 0.6 is 0 Å². The van der Waals surface area contributed by atoms with Crippen molar-refractivity contribution in [3.05, 3.63) is 83.2 Å². The first kappa shape index (κ1) is 20.1. The molecular formula is C23H23N3O3. The van der Waals surface area contributed by atoms with Crippen molar-refractivity contribution in [2.45, 2.75) is 20.8 Å².